The number of ether oxygens (including phenoxy) is 6. The summed E-state index contributed by atoms with van der Waals surface area (Å²) in [6, 6.07) is 24.4. The van der Waals surface area contributed by atoms with E-state index in [2.05, 4.69) is 32.0 Å². The molecule has 5 rings (SSSR count). The van der Waals surface area contributed by atoms with E-state index in [-0.39, 0.29) is 30.5 Å². The van der Waals surface area contributed by atoms with Crippen LogP contribution in [-0.4, -0.2) is 50.8 Å². The van der Waals surface area contributed by atoms with Crippen LogP contribution < -0.4 is 4.74 Å². The van der Waals surface area contributed by atoms with E-state index in [1.54, 1.807) is 0 Å². The zero-order valence-electron chi connectivity index (χ0n) is 25.6. The van der Waals surface area contributed by atoms with Crippen molar-refractivity contribution in [2.75, 3.05) is 26.4 Å². The van der Waals surface area contributed by atoms with Crippen molar-refractivity contribution >= 4 is 11.6 Å². The molecule has 0 spiro atoms. The van der Waals surface area contributed by atoms with Gasteiger partial charge in [0.05, 0.1) is 13.2 Å². The van der Waals surface area contributed by atoms with Crippen LogP contribution >= 0.6 is 11.6 Å². The van der Waals surface area contributed by atoms with Crippen LogP contribution in [0.3, 0.4) is 0 Å². The van der Waals surface area contributed by atoms with E-state index in [0.29, 0.717) is 32.8 Å². The maximum absolute atomic E-state index is 6.81. The molecule has 6 nitrogen and oxygen atoms in total. The molecule has 0 saturated carbocycles. The molecule has 232 valence electrons. The highest BCUT2D eigenvalue weighted by Crippen LogP contribution is 2.42. The highest BCUT2D eigenvalue weighted by atomic mass is 35.5. The Morgan fingerprint density at radius 1 is 0.791 bits per heavy atom. The van der Waals surface area contributed by atoms with Gasteiger partial charge in [-0.2, -0.15) is 0 Å². The molecule has 0 amide bonds. The van der Waals surface area contributed by atoms with Gasteiger partial charge >= 0.3 is 0 Å². The molecule has 0 N–H and O–H groups in total. The van der Waals surface area contributed by atoms with Crippen molar-refractivity contribution in [1.29, 1.82) is 0 Å². The first kappa shape index (κ1) is 32.0. The minimum absolute atomic E-state index is 0.298. The van der Waals surface area contributed by atoms with E-state index in [9.17, 15) is 0 Å². The van der Waals surface area contributed by atoms with Crippen LogP contribution in [0.15, 0.2) is 72.8 Å². The molecule has 2 fully saturated rings. The van der Waals surface area contributed by atoms with E-state index in [0.717, 1.165) is 58.7 Å². The monoisotopic (exact) mass is 608 g/mol. The first-order valence-corrected chi connectivity index (χ1v) is 16.2. The Kier molecular flexibility index (Phi) is 11.9. The minimum Gasteiger partial charge on any atom is -0.494 e. The Balaban J connectivity index is 1.43. The predicted octanol–water partition coefficient (Wildman–Crippen LogP) is 8.25. The SMILES string of the molecule is CCCCO[C@@H]1[C@@H](OCCCC)[C@H](c2ccc(Cl)c(Cc3ccc(OCC)cc3)c2)O[C@@H]2COC(c3ccccc3)O[C@@H]12. The van der Waals surface area contributed by atoms with E-state index in [4.69, 9.17) is 40.0 Å². The molecular formula is C36H45ClO6. The summed E-state index contributed by atoms with van der Waals surface area (Å²) in [4.78, 5) is 0. The summed E-state index contributed by atoms with van der Waals surface area (Å²) >= 11 is 6.74. The number of fused-ring (bicyclic) bond motifs is 1. The molecule has 0 radical (unpaired) electrons. The molecule has 6 atom stereocenters. The fourth-order valence-electron chi connectivity index (χ4n) is 5.73. The standard InChI is InChI=1S/C36H45ClO6/c1-4-7-20-39-34-32(27-16-19-30(37)28(23-27)22-25-14-17-29(18-15-25)38-6-3)42-31-24-41-36(26-12-10-9-11-13-26)43-33(31)35(34)40-21-8-5-2/h9-19,23,31-36H,4-8,20-22,24H2,1-3H3/t31-,32+,33-,34+,35+,36?/m1/s1. The van der Waals surface area contributed by atoms with Gasteiger partial charge in [0.15, 0.2) is 6.29 Å². The quantitative estimate of drug-likeness (QED) is 0.172. The van der Waals surface area contributed by atoms with Gasteiger partial charge in [0, 0.05) is 23.8 Å². The van der Waals surface area contributed by atoms with Crippen LogP contribution in [0.4, 0.5) is 0 Å². The van der Waals surface area contributed by atoms with E-state index in [1.165, 1.54) is 0 Å². The molecule has 43 heavy (non-hydrogen) atoms. The summed E-state index contributed by atoms with van der Waals surface area (Å²) in [5, 5.41) is 0.723. The van der Waals surface area contributed by atoms with Crippen LogP contribution in [0.1, 0.15) is 81.1 Å². The van der Waals surface area contributed by atoms with Gasteiger partial charge in [-0.3, -0.25) is 0 Å². The van der Waals surface area contributed by atoms with Gasteiger partial charge in [0.2, 0.25) is 0 Å². The lowest BCUT2D eigenvalue weighted by Gasteiger charge is -2.49. The van der Waals surface area contributed by atoms with Crippen molar-refractivity contribution in [3.8, 4) is 5.75 Å². The van der Waals surface area contributed by atoms with Crippen LogP contribution in [0.2, 0.25) is 5.02 Å². The molecule has 0 aliphatic carbocycles. The second-order valence-corrected chi connectivity index (χ2v) is 11.7. The number of halogens is 1. The van der Waals surface area contributed by atoms with Crippen molar-refractivity contribution in [3.63, 3.8) is 0 Å². The molecule has 0 bridgehead atoms. The van der Waals surface area contributed by atoms with Gasteiger partial charge in [0.25, 0.3) is 0 Å². The van der Waals surface area contributed by atoms with Crippen molar-refractivity contribution in [2.45, 2.75) is 89.7 Å². The molecule has 2 aliphatic heterocycles. The molecule has 3 aromatic rings. The second-order valence-electron chi connectivity index (χ2n) is 11.3. The first-order valence-electron chi connectivity index (χ1n) is 15.8. The zero-order valence-corrected chi connectivity index (χ0v) is 26.3. The Bertz CT molecular complexity index is 1250. The highest BCUT2D eigenvalue weighted by Gasteiger charge is 2.51. The molecule has 1 unspecified atom stereocenters. The maximum Gasteiger partial charge on any atom is 0.184 e. The van der Waals surface area contributed by atoms with Crippen LogP contribution in [0, 0.1) is 0 Å². The molecule has 2 aliphatic rings. The average Bonchev–Trinajstić information content (AvgIpc) is 3.04. The number of rotatable bonds is 14. The van der Waals surface area contributed by atoms with Crippen LogP contribution in [-0.2, 0) is 30.1 Å². The van der Waals surface area contributed by atoms with Gasteiger partial charge in [-0.25, -0.2) is 0 Å². The Labute approximate surface area is 261 Å². The fourth-order valence-corrected chi connectivity index (χ4v) is 5.91. The lowest BCUT2D eigenvalue weighted by Crippen LogP contribution is -2.60. The summed E-state index contributed by atoms with van der Waals surface area (Å²) < 4.78 is 38.5. The molecule has 7 heteroatoms. The van der Waals surface area contributed by atoms with Gasteiger partial charge in [-0.15, -0.1) is 0 Å². The Morgan fingerprint density at radius 2 is 1.51 bits per heavy atom. The Hall–Kier alpha value is -2.45. The fraction of sp³-hybridized carbons (Fsp3) is 0.500. The normalized spacial score (nSPS) is 25.3. The number of benzene rings is 3. The van der Waals surface area contributed by atoms with Crippen molar-refractivity contribution in [2.24, 2.45) is 0 Å². The molecule has 3 aromatic carbocycles. The lowest BCUT2D eigenvalue weighted by atomic mass is 9.89. The van der Waals surface area contributed by atoms with Gasteiger partial charge < -0.3 is 28.4 Å². The summed E-state index contributed by atoms with van der Waals surface area (Å²) in [7, 11) is 0. The van der Waals surface area contributed by atoms with Crippen LogP contribution in [0.5, 0.6) is 5.75 Å². The zero-order chi connectivity index (χ0) is 30.0. The number of hydrogen-bond donors (Lipinski definition) is 0. The third-order valence-electron chi connectivity index (χ3n) is 8.04. The van der Waals surface area contributed by atoms with E-state index < -0.39 is 6.29 Å². The summed E-state index contributed by atoms with van der Waals surface area (Å²) in [5.74, 6) is 0.865. The topological polar surface area (TPSA) is 55.4 Å². The van der Waals surface area contributed by atoms with Gasteiger partial charge in [0.1, 0.15) is 36.3 Å². The average molecular weight is 609 g/mol. The summed E-state index contributed by atoms with van der Waals surface area (Å²) in [6.45, 7) is 8.63. The lowest BCUT2D eigenvalue weighted by molar-refractivity contribution is -0.339. The van der Waals surface area contributed by atoms with Gasteiger partial charge in [-0.05, 0) is 61.1 Å². The van der Waals surface area contributed by atoms with Crippen molar-refractivity contribution in [3.05, 3.63) is 100 Å². The summed E-state index contributed by atoms with van der Waals surface area (Å²) in [5.41, 5.74) is 4.19. The van der Waals surface area contributed by atoms with Crippen molar-refractivity contribution in [1.82, 2.24) is 0 Å². The first-order chi connectivity index (χ1) is 21.1. The van der Waals surface area contributed by atoms with Gasteiger partial charge in [-0.1, -0.05) is 92.9 Å². The summed E-state index contributed by atoms with van der Waals surface area (Å²) in [6.07, 6.45) is 2.58. The largest absolute Gasteiger partial charge is 0.494 e. The van der Waals surface area contributed by atoms with E-state index >= 15 is 0 Å². The molecular weight excluding hydrogens is 564 g/mol. The second kappa shape index (κ2) is 16.0. The van der Waals surface area contributed by atoms with Crippen LogP contribution in [0.25, 0.3) is 0 Å². The Morgan fingerprint density at radius 3 is 2.21 bits per heavy atom. The minimum atomic E-state index is -0.479. The van der Waals surface area contributed by atoms with Crippen molar-refractivity contribution < 1.29 is 28.4 Å². The number of hydrogen-bond acceptors (Lipinski definition) is 6. The highest BCUT2D eigenvalue weighted by molar-refractivity contribution is 6.31. The molecule has 0 aromatic heterocycles. The third kappa shape index (κ3) is 8.18. The smallest absolute Gasteiger partial charge is 0.184 e. The predicted molar refractivity (Wildman–Crippen MR) is 169 cm³/mol. The van der Waals surface area contributed by atoms with E-state index in [1.807, 2.05) is 61.5 Å². The molecule has 2 saturated heterocycles. The number of unbranched alkanes of at least 4 members (excludes halogenated alkanes) is 2. The maximum atomic E-state index is 6.81. The molecule has 2 heterocycles. The third-order valence-corrected chi connectivity index (χ3v) is 8.41.